The summed E-state index contributed by atoms with van der Waals surface area (Å²) < 4.78 is 5.29. The zero-order chi connectivity index (χ0) is 25.7. The van der Waals surface area contributed by atoms with Gasteiger partial charge in [0.25, 0.3) is 5.91 Å². The molecule has 2 heterocycles. The predicted molar refractivity (Wildman–Crippen MR) is 142 cm³/mol. The molecule has 0 saturated heterocycles. The second kappa shape index (κ2) is 11.6. The summed E-state index contributed by atoms with van der Waals surface area (Å²) in [5, 5.41) is 6.54. The van der Waals surface area contributed by atoms with Gasteiger partial charge in [0.2, 0.25) is 11.8 Å². The molecule has 0 aliphatic carbocycles. The number of nitrogens with one attached hydrogen (secondary N) is 2. The van der Waals surface area contributed by atoms with E-state index in [-0.39, 0.29) is 24.0 Å². The molecular weight excluding hydrogens is 502 g/mol. The number of hydrogen-bond acceptors (Lipinski definition) is 7. The summed E-state index contributed by atoms with van der Waals surface area (Å²) in [5.41, 5.74) is 1.80. The minimum atomic E-state index is -0.822. The first kappa shape index (κ1) is 25.7. The van der Waals surface area contributed by atoms with Gasteiger partial charge in [-0.3, -0.25) is 19.3 Å². The molecule has 0 radical (unpaired) electrons. The number of nitrogens with zero attached hydrogens (tertiary/aromatic N) is 3. The molecule has 4 rings (SSSR count). The third-order valence-corrected chi connectivity index (χ3v) is 6.80. The van der Waals surface area contributed by atoms with E-state index in [0.29, 0.717) is 45.3 Å². The number of unbranched alkanes of at least 4 members (excludes halogenated alkanes) is 1. The molecule has 2 aromatic carbocycles. The molecule has 3 amide bonds. The number of hydrogen-bond donors (Lipinski definition) is 2. The number of anilines is 1. The molecule has 0 aromatic heterocycles. The maximum absolute atomic E-state index is 12.9. The summed E-state index contributed by atoms with van der Waals surface area (Å²) in [6, 6.07) is 11.5. The van der Waals surface area contributed by atoms with Crippen LogP contribution in [0.15, 0.2) is 52.4 Å². The lowest BCUT2D eigenvalue weighted by atomic mass is 10.1. The van der Waals surface area contributed by atoms with Crippen LogP contribution in [0.3, 0.4) is 0 Å². The number of amidine groups is 2. The molecular formula is C25H26ClN5O4S. The van der Waals surface area contributed by atoms with Gasteiger partial charge in [0.15, 0.2) is 5.17 Å². The topological polar surface area (TPSA) is 112 Å². The first-order chi connectivity index (χ1) is 17.4. The van der Waals surface area contributed by atoms with Crippen molar-refractivity contribution in [2.75, 3.05) is 24.7 Å². The van der Waals surface area contributed by atoms with Crippen LogP contribution in [0, 0.1) is 0 Å². The smallest absolute Gasteiger partial charge is 0.271 e. The molecule has 0 fully saturated rings. The highest BCUT2D eigenvalue weighted by Gasteiger charge is 2.42. The van der Waals surface area contributed by atoms with Crippen molar-refractivity contribution < 1.29 is 19.1 Å². The van der Waals surface area contributed by atoms with E-state index in [9.17, 15) is 14.4 Å². The van der Waals surface area contributed by atoms with E-state index in [1.807, 2.05) is 31.2 Å². The standard InChI is InChI=1S/C25H26ClN5O4S/c1-3-4-11-27-21(32)13-19-24(34)30-23-16-7-5-6-8-17(16)29-25(31(19)23)36-14-22(33)28-18-12-15(26)9-10-20(18)35-2/h5-10,12,19H,3-4,11,13-14H2,1-2H3,(H,27,32)(H,28,33). The van der Waals surface area contributed by atoms with Crippen LogP contribution in [0.2, 0.25) is 5.02 Å². The number of carbonyl (C=O) groups excluding carboxylic acids is 3. The van der Waals surface area contributed by atoms with Crippen LogP contribution in [0.1, 0.15) is 31.7 Å². The number of para-hydroxylation sites is 1. The number of benzene rings is 2. The number of aliphatic imine (C=N–C) groups is 2. The predicted octanol–water partition coefficient (Wildman–Crippen LogP) is 3.99. The van der Waals surface area contributed by atoms with Crippen molar-refractivity contribution in [2.24, 2.45) is 9.98 Å². The summed E-state index contributed by atoms with van der Waals surface area (Å²) in [6.07, 6.45) is 1.76. The van der Waals surface area contributed by atoms with Crippen molar-refractivity contribution in [3.05, 3.63) is 53.1 Å². The van der Waals surface area contributed by atoms with Crippen molar-refractivity contribution in [3.63, 3.8) is 0 Å². The highest BCUT2D eigenvalue weighted by molar-refractivity contribution is 8.14. The molecule has 36 heavy (non-hydrogen) atoms. The van der Waals surface area contributed by atoms with Gasteiger partial charge in [0.05, 0.1) is 30.7 Å². The molecule has 9 nitrogen and oxygen atoms in total. The summed E-state index contributed by atoms with van der Waals surface area (Å²) in [6.45, 7) is 2.59. The number of halogens is 1. The number of thioether (sulfide) groups is 1. The molecule has 2 aliphatic rings. The number of carbonyl (C=O) groups is 3. The van der Waals surface area contributed by atoms with Crippen LogP contribution < -0.4 is 15.4 Å². The summed E-state index contributed by atoms with van der Waals surface area (Å²) >= 11 is 7.22. The first-order valence-electron chi connectivity index (χ1n) is 11.5. The minimum absolute atomic E-state index is 0.00402. The molecule has 2 aromatic rings. The number of amides is 3. The molecule has 2 aliphatic heterocycles. The van der Waals surface area contributed by atoms with E-state index >= 15 is 0 Å². The van der Waals surface area contributed by atoms with Crippen LogP contribution in [0.25, 0.3) is 0 Å². The lowest BCUT2D eigenvalue weighted by Crippen LogP contribution is -2.46. The summed E-state index contributed by atoms with van der Waals surface area (Å²) in [5.74, 6) is -0.0166. The van der Waals surface area contributed by atoms with Gasteiger partial charge in [-0.2, -0.15) is 4.99 Å². The molecule has 0 saturated carbocycles. The van der Waals surface area contributed by atoms with Gasteiger partial charge < -0.3 is 15.4 Å². The Balaban J connectivity index is 1.52. The van der Waals surface area contributed by atoms with Crippen LogP contribution in [0.5, 0.6) is 5.75 Å². The molecule has 1 atom stereocenters. The van der Waals surface area contributed by atoms with Gasteiger partial charge in [-0.15, -0.1) is 0 Å². The Hall–Kier alpha value is -3.37. The van der Waals surface area contributed by atoms with E-state index in [2.05, 4.69) is 15.6 Å². The van der Waals surface area contributed by atoms with Crippen molar-refractivity contribution in [3.8, 4) is 5.75 Å². The Kier molecular flexibility index (Phi) is 8.27. The minimum Gasteiger partial charge on any atom is -0.495 e. The third kappa shape index (κ3) is 5.71. The Bertz CT molecular complexity index is 1250. The fourth-order valence-electron chi connectivity index (χ4n) is 3.85. The van der Waals surface area contributed by atoms with Crippen LogP contribution in [-0.2, 0) is 14.4 Å². The number of fused-ring (bicyclic) bond motifs is 3. The van der Waals surface area contributed by atoms with E-state index in [1.165, 1.54) is 7.11 Å². The molecule has 1 unspecified atom stereocenters. The fourth-order valence-corrected chi connectivity index (χ4v) is 4.87. The highest BCUT2D eigenvalue weighted by atomic mass is 35.5. The Morgan fingerprint density at radius 2 is 1.97 bits per heavy atom. The van der Waals surface area contributed by atoms with E-state index in [0.717, 1.165) is 24.6 Å². The van der Waals surface area contributed by atoms with E-state index in [1.54, 1.807) is 23.1 Å². The van der Waals surface area contributed by atoms with E-state index in [4.69, 9.17) is 21.3 Å². The van der Waals surface area contributed by atoms with Crippen LogP contribution >= 0.6 is 23.4 Å². The average molecular weight is 528 g/mol. The normalized spacial score (nSPS) is 16.0. The van der Waals surface area contributed by atoms with Crippen LogP contribution in [-0.4, -0.2) is 59.1 Å². The Morgan fingerprint density at radius 3 is 2.75 bits per heavy atom. The van der Waals surface area contributed by atoms with Crippen LogP contribution in [0.4, 0.5) is 11.4 Å². The first-order valence-corrected chi connectivity index (χ1v) is 12.9. The van der Waals surface area contributed by atoms with Gasteiger partial charge in [0, 0.05) is 17.1 Å². The molecule has 2 N–H and O–H groups in total. The summed E-state index contributed by atoms with van der Waals surface area (Å²) in [7, 11) is 1.51. The van der Waals surface area contributed by atoms with Gasteiger partial charge in [-0.05, 0) is 36.8 Å². The second-order valence-corrected chi connectivity index (χ2v) is 9.54. The zero-order valence-corrected chi connectivity index (χ0v) is 21.5. The number of methoxy groups -OCH3 is 1. The molecule has 0 bridgehead atoms. The van der Waals surface area contributed by atoms with Gasteiger partial charge in [-0.1, -0.05) is 48.8 Å². The Morgan fingerprint density at radius 1 is 1.17 bits per heavy atom. The summed E-state index contributed by atoms with van der Waals surface area (Å²) in [4.78, 5) is 48.8. The highest BCUT2D eigenvalue weighted by Crippen LogP contribution is 2.35. The average Bonchev–Trinajstić information content (AvgIpc) is 3.19. The number of ether oxygens (including phenoxy) is 1. The maximum Gasteiger partial charge on any atom is 0.271 e. The Labute approximate surface area is 218 Å². The van der Waals surface area contributed by atoms with Crippen molar-refractivity contribution in [2.45, 2.75) is 32.2 Å². The lowest BCUT2D eigenvalue weighted by molar-refractivity contribution is -0.126. The van der Waals surface area contributed by atoms with Crippen molar-refractivity contribution in [1.29, 1.82) is 0 Å². The fraction of sp³-hybridized carbons (Fsp3) is 0.320. The largest absolute Gasteiger partial charge is 0.495 e. The monoisotopic (exact) mass is 527 g/mol. The zero-order valence-electron chi connectivity index (χ0n) is 19.9. The third-order valence-electron chi connectivity index (χ3n) is 5.61. The maximum atomic E-state index is 12.9. The SMILES string of the molecule is CCCCNC(=O)CC1C(=O)N=C2c3ccccc3N=C(SCC(=O)Nc3cc(Cl)ccc3OC)N21. The van der Waals surface area contributed by atoms with Crippen molar-refractivity contribution >= 4 is 63.5 Å². The molecule has 188 valence electrons. The number of rotatable bonds is 9. The van der Waals surface area contributed by atoms with Crippen molar-refractivity contribution in [1.82, 2.24) is 10.2 Å². The lowest BCUT2D eigenvalue weighted by Gasteiger charge is -2.30. The second-order valence-electron chi connectivity index (χ2n) is 8.16. The van der Waals surface area contributed by atoms with Gasteiger partial charge in [0.1, 0.15) is 17.6 Å². The molecule has 11 heteroatoms. The van der Waals surface area contributed by atoms with E-state index < -0.39 is 11.9 Å². The van der Waals surface area contributed by atoms with Gasteiger partial charge >= 0.3 is 0 Å². The molecule has 0 spiro atoms. The quantitative estimate of drug-likeness (QED) is 0.477. The van der Waals surface area contributed by atoms with Gasteiger partial charge in [-0.25, -0.2) is 4.99 Å².